The van der Waals surface area contributed by atoms with Gasteiger partial charge in [0.15, 0.2) is 0 Å². The standard InChI is InChI=1S/C22H33N3O10S/c1-13(26)6-8-34-21(28)16-10-14(2-4-18(16)24(30)31)12-36-15-3-5-19(25(32)33)17(11-15)22(29)35-9-7-20(23)27/h14-19H,2-12H2,1H3,(H2,23,27). The number of thioether (sulfide) groups is 1. The van der Waals surface area contributed by atoms with Gasteiger partial charge in [0.25, 0.3) is 0 Å². The lowest BCUT2D eigenvalue weighted by Crippen LogP contribution is -2.42. The number of nitrogens with two attached hydrogens (primary N) is 1. The Hall–Kier alpha value is -2.77. The first kappa shape index (κ1) is 29.5. The molecule has 0 saturated heterocycles. The van der Waals surface area contributed by atoms with Crippen molar-refractivity contribution in [2.75, 3.05) is 19.0 Å². The molecule has 202 valence electrons. The van der Waals surface area contributed by atoms with Crippen LogP contribution in [0.1, 0.15) is 58.3 Å². The summed E-state index contributed by atoms with van der Waals surface area (Å²) in [4.78, 5) is 68.9. The van der Waals surface area contributed by atoms with Crippen LogP contribution in [0, 0.1) is 38.0 Å². The van der Waals surface area contributed by atoms with Crippen LogP contribution in [-0.2, 0) is 28.7 Å². The zero-order valence-electron chi connectivity index (χ0n) is 20.2. The Morgan fingerprint density at radius 3 is 1.92 bits per heavy atom. The van der Waals surface area contributed by atoms with Gasteiger partial charge in [-0.05, 0) is 44.3 Å². The van der Waals surface area contributed by atoms with Crippen LogP contribution < -0.4 is 5.73 Å². The normalized spacial score (nSPS) is 28.0. The van der Waals surface area contributed by atoms with Crippen molar-refractivity contribution >= 4 is 35.4 Å². The Kier molecular flexibility index (Phi) is 11.5. The van der Waals surface area contributed by atoms with Crippen molar-refractivity contribution in [3.8, 4) is 0 Å². The first-order valence-corrected chi connectivity index (χ1v) is 13.0. The maximum absolute atomic E-state index is 12.5. The van der Waals surface area contributed by atoms with E-state index in [0.29, 0.717) is 18.6 Å². The number of nitro groups is 2. The fourth-order valence-corrected chi connectivity index (χ4v) is 6.20. The topological polar surface area (TPSA) is 199 Å². The van der Waals surface area contributed by atoms with E-state index in [4.69, 9.17) is 15.2 Å². The van der Waals surface area contributed by atoms with E-state index in [2.05, 4.69) is 0 Å². The van der Waals surface area contributed by atoms with Gasteiger partial charge in [-0.1, -0.05) is 0 Å². The quantitative estimate of drug-likeness (QED) is 0.205. The fraction of sp³-hybridized carbons (Fsp3) is 0.818. The zero-order valence-corrected chi connectivity index (χ0v) is 21.0. The Bertz CT molecular complexity index is 786. The van der Waals surface area contributed by atoms with Crippen molar-refractivity contribution in [3.05, 3.63) is 20.2 Å². The second-order valence-corrected chi connectivity index (χ2v) is 10.7. The van der Waals surface area contributed by atoms with E-state index in [0.717, 1.165) is 0 Å². The summed E-state index contributed by atoms with van der Waals surface area (Å²) in [5.41, 5.74) is 5.03. The Labute approximate surface area is 212 Å². The van der Waals surface area contributed by atoms with Crippen LogP contribution in [0.4, 0.5) is 0 Å². The van der Waals surface area contributed by atoms with Crippen LogP contribution in [0.25, 0.3) is 0 Å². The average molecular weight is 532 g/mol. The third kappa shape index (κ3) is 9.03. The van der Waals surface area contributed by atoms with Gasteiger partial charge in [-0.25, -0.2) is 0 Å². The number of amides is 1. The van der Waals surface area contributed by atoms with Crippen molar-refractivity contribution in [1.82, 2.24) is 0 Å². The molecule has 0 aromatic rings. The van der Waals surface area contributed by atoms with Crippen molar-refractivity contribution in [1.29, 1.82) is 0 Å². The molecule has 0 aromatic carbocycles. The van der Waals surface area contributed by atoms with Crippen LogP contribution in [0.5, 0.6) is 0 Å². The maximum atomic E-state index is 12.5. The van der Waals surface area contributed by atoms with Gasteiger partial charge in [0, 0.05) is 34.4 Å². The molecule has 0 aliphatic heterocycles. The minimum atomic E-state index is -1.06. The summed E-state index contributed by atoms with van der Waals surface area (Å²) in [6, 6.07) is -2.10. The van der Waals surface area contributed by atoms with Crippen molar-refractivity contribution < 1.29 is 38.5 Å². The van der Waals surface area contributed by atoms with E-state index >= 15 is 0 Å². The van der Waals surface area contributed by atoms with Gasteiger partial charge in [0.05, 0.1) is 13.0 Å². The minimum absolute atomic E-state index is 0.00534. The van der Waals surface area contributed by atoms with Crippen LogP contribution >= 0.6 is 11.8 Å². The molecule has 0 spiro atoms. The molecule has 1 amide bonds. The van der Waals surface area contributed by atoms with E-state index in [-0.39, 0.29) is 68.7 Å². The van der Waals surface area contributed by atoms with E-state index in [1.165, 1.54) is 6.92 Å². The highest BCUT2D eigenvalue weighted by atomic mass is 32.2. The van der Waals surface area contributed by atoms with E-state index in [1.807, 2.05) is 0 Å². The summed E-state index contributed by atoms with van der Waals surface area (Å²) in [6.45, 7) is 1.04. The Balaban J connectivity index is 1.93. The van der Waals surface area contributed by atoms with Crippen LogP contribution in [0.2, 0.25) is 0 Å². The lowest BCUT2D eigenvalue weighted by atomic mass is 9.79. The molecule has 2 N–H and O–H groups in total. The second-order valence-electron chi connectivity index (χ2n) is 9.37. The number of hydrogen-bond acceptors (Lipinski definition) is 11. The number of carbonyl (C=O) groups excluding carboxylic acids is 4. The van der Waals surface area contributed by atoms with Crippen LogP contribution in [-0.4, -0.2) is 69.8 Å². The second kappa shape index (κ2) is 14.1. The number of rotatable bonds is 13. The molecule has 2 aliphatic rings. The Morgan fingerprint density at radius 2 is 1.39 bits per heavy atom. The molecule has 0 bridgehead atoms. The van der Waals surface area contributed by atoms with Gasteiger partial charge < -0.3 is 15.2 Å². The summed E-state index contributed by atoms with van der Waals surface area (Å²) >= 11 is 1.54. The predicted octanol–water partition coefficient (Wildman–Crippen LogP) is 1.54. The number of ketones is 1. The number of Topliss-reactive ketones (excluding diaryl/α,β-unsaturated/α-hetero) is 1. The molecule has 2 rings (SSSR count). The molecule has 2 aliphatic carbocycles. The molecule has 2 fully saturated rings. The predicted molar refractivity (Wildman–Crippen MR) is 127 cm³/mol. The summed E-state index contributed by atoms with van der Waals surface area (Å²) in [5.74, 6) is -3.42. The van der Waals surface area contributed by atoms with Gasteiger partial charge in [-0.2, -0.15) is 11.8 Å². The van der Waals surface area contributed by atoms with E-state index in [9.17, 15) is 39.4 Å². The molecule has 14 heteroatoms. The Morgan fingerprint density at radius 1 is 0.861 bits per heavy atom. The van der Waals surface area contributed by atoms with Gasteiger partial charge in [-0.3, -0.25) is 39.4 Å². The molecule has 13 nitrogen and oxygen atoms in total. The highest BCUT2D eigenvalue weighted by molar-refractivity contribution is 7.99. The van der Waals surface area contributed by atoms with Gasteiger partial charge >= 0.3 is 11.9 Å². The van der Waals surface area contributed by atoms with Gasteiger partial charge in [-0.15, -0.1) is 0 Å². The number of esters is 2. The lowest BCUT2D eigenvalue weighted by molar-refractivity contribution is -0.533. The molecular formula is C22H33N3O10S. The smallest absolute Gasteiger partial charge is 0.315 e. The monoisotopic (exact) mass is 531 g/mol. The number of ether oxygens (including phenoxy) is 2. The number of hydrogen-bond donors (Lipinski definition) is 1. The zero-order chi connectivity index (χ0) is 26.8. The first-order chi connectivity index (χ1) is 17.0. The molecule has 6 atom stereocenters. The average Bonchev–Trinajstić information content (AvgIpc) is 2.81. The van der Waals surface area contributed by atoms with E-state index in [1.54, 1.807) is 11.8 Å². The van der Waals surface area contributed by atoms with Crippen LogP contribution in [0.3, 0.4) is 0 Å². The van der Waals surface area contributed by atoms with Crippen molar-refractivity contribution in [3.63, 3.8) is 0 Å². The highest BCUT2D eigenvalue weighted by Gasteiger charge is 2.45. The molecule has 36 heavy (non-hydrogen) atoms. The van der Waals surface area contributed by atoms with Crippen molar-refractivity contribution in [2.24, 2.45) is 23.5 Å². The lowest BCUT2D eigenvalue weighted by Gasteiger charge is -2.33. The fourth-order valence-electron chi connectivity index (χ4n) is 4.71. The molecule has 0 heterocycles. The third-order valence-electron chi connectivity index (χ3n) is 6.69. The summed E-state index contributed by atoms with van der Waals surface area (Å²) in [7, 11) is 0. The minimum Gasteiger partial charge on any atom is -0.465 e. The van der Waals surface area contributed by atoms with Gasteiger partial charge in [0.1, 0.15) is 24.2 Å². The molecule has 2 saturated carbocycles. The number of carbonyl (C=O) groups is 4. The largest absolute Gasteiger partial charge is 0.465 e. The van der Waals surface area contributed by atoms with Crippen molar-refractivity contribution in [2.45, 2.75) is 75.6 Å². The van der Waals surface area contributed by atoms with Gasteiger partial charge in [0.2, 0.25) is 18.0 Å². The summed E-state index contributed by atoms with van der Waals surface area (Å²) in [6.07, 6.45) is 1.94. The van der Waals surface area contributed by atoms with Crippen LogP contribution in [0.15, 0.2) is 0 Å². The molecular weight excluding hydrogens is 498 g/mol. The number of nitrogens with zero attached hydrogens (tertiary/aromatic N) is 2. The third-order valence-corrected chi connectivity index (χ3v) is 8.26. The summed E-state index contributed by atoms with van der Waals surface area (Å²) < 4.78 is 10.2. The molecule has 0 radical (unpaired) electrons. The maximum Gasteiger partial charge on any atom is 0.315 e. The highest BCUT2D eigenvalue weighted by Crippen LogP contribution is 2.39. The summed E-state index contributed by atoms with van der Waals surface area (Å²) in [5, 5.41) is 22.9. The molecule has 6 unspecified atom stereocenters. The molecule has 0 aromatic heterocycles. The SMILES string of the molecule is CC(=O)CCOC(=O)C1CC(CSC2CCC([N+](=O)[O-])C(C(=O)OCCC(N)=O)C2)CCC1[N+](=O)[O-]. The van der Waals surface area contributed by atoms with E-state index < -0.39 is 51.6 Å². The number of primary amides is 1. The first-order valence-electron chi connectivity index (χ1n) is 12.0.